The van der Waals surface area contributed by atoms with Crippen LogP contribution in [0.1, 0.15) is 33.3 Å². The van der Waals surface area contributed by atoms with Gasteiger partial charge in [0.05, 0.1) is 18.0 Å². The molecule has 1 heterocycles. The number of nitrogens with one attached hydrogen (secondary N) is 1. The number of aromatic nitrogens is 2. The maximum absolute atomic E-state index is 14.0. The highest BCUT2D eigenvalue weighted by Crippen LogP contribution is 2.28. The fourth-order valence-electron chi connectivity index (χ4n) is 3.54. The molecule has 172 valence electrons. The van der Waals surface area contributed by atoms with E-state index in [-0.39, 0.29) is 12.3 Å². The van der Waals surface area contributed by atoms with Gasteiger partial charge in [-0.2, -0.15) is 5.10 Å². The Balaban J connectivity index is 1.75. The number of hydrogen-bond acceptors (Lipinski definition) is 4. The third-order valence-electron chi connectivity index (χ3n) is 5.14. The number of esters is 1. The van der Waals surface area contributed by atoms with Crippen molar-refractivity contribution in [2.45, 2.75) is 13.8 Å². The summed E-state index contributed by atoms with van der Waals surface area (Å²) in [4.78, 5) is 24.9. The standard InChI is InChI=1S/C26H21F2N3O3/c1-3-34-26(33)21-15-23(31(30-21)22-13-5-4-8-16(22)2)17-9-6-10-18(14-17)29-25(32)24-19(27)11-7-12-20(24)28/h4-15H,3H2,1-2H3,(H,29,32). The van der Waals surface area contributed by atoms with Gasteiger partial charge in [-0.1, -0.05) is 36.4 Å². The summed E-state index contributed by atoms with van der Waals surface area (Å²) in [6.07, 6.45) is 0. The number of benzene rings is 3. The molecule has 0 aliphatic rings. The van der Waals surface area contributed by atoms with E-state index in [0.29, 0.717) is 16.9 Å². The van der Waals surface area contributed by atoms with Gasteiger partial charge < -0.3 is 10.1 Å². The van der Waals surface area contributed by atoms with E-state index in [0.717, 1.165) is 23.4 Å². The van der Waals surface area contributed by atoms with E-state index in [2.05, 4.69) is 10.4 Å². The Morgan fingerprint density at radius 2 is 1.68 bits per heavy atom. The Hall–Kier alpha value is -4.33. The zero-order chi connectivity index (χ0) is 24.2. The van der Waals surface area contributed by atoms with Gasteiger partial charge in [0.1, 0.15) is 17.2 Å². The second-order valence-corrected chi connectivity index (χ2v) is 7.47. The summed E-state index contributed by atoms with van der Waals surface area (Å²) in [5.74, 6) is -3.38. The average molecular weight is 461 g/mol. The molecule has 1 amide bonds. The minimum Gasteiger partial charge on any atom is -0.461 e. The van der Waals surface area contributed by atoms with Crippen molar-refractivity contribution in [2.75, 3.05) is 11.9 Å². The van der Waals surface area contributed by atoms with Crippen molar-refractivity contribution < 1.29 is 23.1 Å². The summed E-state index contributed by atoms with van der Waals surface area (Å²) in [5.41, 5.74) is 2.67. The second kappa shape index (κ2) is 9.66. The van der Waals surface area contributed by atoms with E-state index in [1.165, 1.54) is 6.07 Å². The fourth-order valence-corrected chi connectivity index (χ4v) is 3.54. The van der Waals surface area contributed by atoms with Crippen molar-refractivity contribution in [3.05, 3.63) is 101 Å². The molecule has 8 heteroatoms. The summed E-state index contributed by atoms with van der Waals surface area (Å²) in [5, 5.41) is 6.98. The molecule has 6 nitrogen and oxygen atoms in total. The third-order valence-corrected chi connectivity index (χ3v) is 5.14. The lowest BCUT2D eigenvalue weighted by atomic mass is 10.1. The molecule has 4 rings (SSSR count). The third kappa shape index (κ3) is 4.56. The largest absolute Gasteiger partial charge is 0.461 e. The van der Waals surface area contributed by atoms with Gasteiger partial charge in [-0.3, -0.25) is 4.79 Å². The van der Waals surface area contributed by atoms with Crippen LogP contribution in [0.2, 0.25) is 0 Å². The molecule has 0 aliphatic carbocycles. The van der Waals surface area contributed by atoms with Gasteiger partial charge in [0.25, 0.3) is 5.91 Å². The summed E-state index contributed by atoms with van der Waals surface area (Å²) >= 11 is 0. The molecule has 0 fully saturated rings. The Morgan fingerprint density at radius 1 is 0.971 bits per heavy atom. The number of anilines is 1. The predicted molar refractivity (Wildman–Crippen MR) is 124 cm³/mol. The van der Waals surface area contributed by atoms with Crippen LogP contribution in [0.15, 0.2) is 72.8 Å². The van der Waals surface area contributed by atoms with Crippen molar-refractivity contribution in [2.24, 2.45) is 0 Å². The molecule has 0 saturated heterocycles. The van der Waals surface area contributed by atoms with Crippen LogP contribution in [0.4, 0.5) is 14.5 Å². The van der Waals surface area contributed by atoms with E-state index in [9.17, 15) is 18.4 Å². The molecule has 0 unspecified atom stereocenters. The Kier molecular flexibility index (Phi) is 6.49. The van der Waals surface area contributed by atoms with Crippen LogP contribution in [0.3, 0.4) is 0 Å². The van der Waals surface area contributed by atoms with E-state index in [4.69, 9.17) is 4.74 Å². The smallest absolute Gasteiger partial charge is 0.358 e. The lowest BCUT2D eigenvalue weighted by molar-refractivity contribution is 0.0518. The predicted octanol–water partition coefficient (Wildman–Crippen LogP) is 5.55. The fraction of sp³-hybridized carbons (Fsp3) is 0.115. The number of aryl methyl sites for hydroxylation is 1. The number of halogens is 2. The normalized spacial score (nSPS) is 10.7. The van der Waals surface area contributed by atoms with E-state index in [1.54, 1.807) is 41.9 Å². The van der Waals surface area contributed by atoms with Gasteiger partial charge in [-0.25, -0.2) is 18.3 Å². The van der Waals surface area contributed by atoms with Gasteiger partial charge in [-0.05, 0) is 55.8 Å². The Labute approximate surface area is 194 Å². The SMILES string of the molecule is CCOC(=O)c1cc(-c2cccc(NC(=O)c3c(F)cccc3F)c2)n(-c2ccccc2C)n1. The first-order valence-corrected chi connectivity index (χ1v) is 10.6. The van der Waals surface area contributed by atoms with Crippen LogP contribution in [-0.2, 0) is 4.74 Å². The van der Waals surface area contributed by atoms with E-state index < -0.39 is 29.1 Å². The number of rotatable bonds is 6. The highest BCUT2D eigenvalue weighted by molar-refractivity contribution is 6.05. The molecular weight excluding hydrogens is 440 g/mol. The second-order valence-electron chi connectivity index (χ2n) is 7.47. The van der Waals surface area contributed by atoms with Crippen molar-refractivity contribution in [3.63, 3.8) is 0 Å². The van der Waals surface area contributed by atoms with E-state index >= 15 is 0 Å². The van der Waals surface area contributed by atoms with Gasteiger partial charge in [0.2, 0.25) is 0 Å². The first kappa shape index (κ1) is 22.8. The molecule has 0 spiro atoms. The molecule has 0 bridgehead atoms. The molecule has 34 heavy (non-hydrogen) atoms. The molecule has 1 N–H and O–H groups in total. The topological polar surface area (TPSA) is 73.2 Å². The molecule has 0 aliphatic heterocycles. The molecule has 0 atom stereocenters. The van der Waals surface area contributed by atoms with Crippen molar-refractivity contribution in [1.29, 1.82) is 0 Å². The van der Waals surface area contributed by atoms with E-state index in [1.807, 2.05) is 31.2 Å². The van der Waals surface area contributed by atoms with Gasteiger partial charge in [0.15, 0.2) is 5.69 Å². The van der Waals surface area contributed by atoms with Crippen molar-refractivity contribution in [1.82, 2.24) is 9.78 Å². The summed E-state index contributed by atoms with van der Waals surface area (Å²) < 4.78 is 34.7. The quantitative estimate of drug-likeness (QED) is 0.382. The minimum atomic E-state index is -0.953. The average Bonchev–Trinajstić information content (AvgIpc) is 3.25. The maximum Gasteiger partial charge on any atom is 0.358 e. The molecule has 3 aromatic carbocycles. The lowest BCUT2D eigenvalue weighted by Crippen LogP contribution is -2.15. The number of ether oxygens (including phenoxy) is 1. The van der Waals surface area contributed by atoms with Crippen molar-refractivity contribution >= 4 is 17.6 Å². The zero-order valence-electron chi connectivity index (χ0n) is 18.5. The van der Waals surface area contributed by atoms with Crippen LogP contribution in [-0.4, -0.2) is 28.3 Å². The molecule has 4 aromatic rings. The van der Waals surface area contributed by atoms with Crippen LogP contribution in [0.25, 0.3) is 16.9 Å². The van der Waals surface area contributed by atoms with Crippen LogP contribution < -0.4 is 5.32 Å². The first-order valence-electron chi connectivity index (χ1n) is 10.6. The number of amides is 1. The lowest BCUT2D eigenvalue weighted by Gasteiger charge is -2.12. The van der Waals surface area contributed by atoms with Gasteiger partial charge in [-0.15, -0.1) is 0 Å². The number of para-hydroxylation sites is 1. The number of nitrogens with zero attached hydrogens (tertiary/aromatic N) is 2. The van der Waals surface area contributed by atoms with Crippen LogP contribution in [0, 0.1) is 18.6 Å². The summed E-state index contributed by atoms with van der Waals surface area (Å²) in [7, 11) is 0. The van der Waals surface area contributed by atoms with Crippen LogP contribution >= 0.6 is 0 Å². The molecular formula is C26H21F2N3O3. The molecule has 1 aromatic heterocycles. The van der Waals surface area contributed by atoms with Crippen molar-refractivity contribution in [3.8, 4) is 16.9 Å². The highest BCUT2D eigenvalue weighted by atomic mass is 19.1. The van der Waals surface area contributed by atoms with Gasteiger partial charge in [0, 0.05) is 11.3 Å². The zero-order valence-corrected chi connectivity index (χ0v) is 18.5. The number of carbonyl (C=O) groups excluding carboxylic acids is 2. The first-order chi connectivity index (χ1) is 16.4. The summed E-state index contributed by atoms with van der Waals surface area (Å²) in [6, 6.07) is 19.1. The number of hydrogen-bond donors (Lipinski definition) is 1. The highest BCUT2D eigenvalue weighted by Gasteiger charge is 2.20. The van der Waals surface area contributed by atoms with Gasteiger partial charge >= 0.3 is 5.97 Å². The Morgan fingerprint density at radius 3 is 2.38 bits per heavy atom. The molecule has 0 saturated carbocycles. The Bertz CT molecular complexity index is 1360. The summed E-state index contributed by atoms with van der Waals surface area (Å²) in [6.45, 7) is 3.84. The number of carbonyl (C=O) groups is 2. The maximum atomic E-state index is 14.0. The van der Waals surface area contributed by atoms with Crippen LogP contribution in [0.5, 0.6) is 0 Å². The molecule has 0 radical (unpaired) electrons. The minimum absolute atomic E-state index is 0.128. The monoisotopic (exact) mass is 461 g/mol.